The average molecular weight is 242 g/mol. The Hall–Kier alpha value is -2.76. The first-order chi connectivity index (χ1) is 8.74. The van der Waals surface area contributed by atoms with E-state index in [0.29, 0.717) is 5.56 Å². The number of nitrogens with zero attached hydrogens (tertiary/aromatic N) is 3. The van der Waals surface area contributed by atoms with Crippen molar-refractivity contribution in [3.8, 4) is 0 Å². The van der Waals surface area contributed by atoms with E-state index in [-0.39, 0.29) is 11.3 Å². The number of ketones is 1. The predicted octanol–water partition coefficient (Wildman–Crippen LogP) is 0.881. The minimum atomic E-state index is -0.470. The number of hydrogen-bond acceptors (Lipinski definition) is 5. The van der Waals surface area contributed by atoms with Crippen molar-refractivity contribution in [2.75, 3.05) is 0 Å². The Morgan fingerprint density at radius 2 is 2.06 bits per heavy atom. The molecule has 0 spiro atoms. The highest BCUT2D eigenvalue weighted by Gasteiger charge is 2.16. The molecule has 0 amide bonds. The van der Waals surface area contributed by atoms with Crippen molar-refractivity contribution < 1.29 is 10.0 Å². The highest BCUT2D eigenvalue weighted by molar-refractivity contribution is 6.45. The predicted molar refractivity (Wildman–Crippen MR) is 63.5 cm³/mol. The van der Waals surface area contributed by atoms with E-state index in [1.165, 1.54) is 18.6 Å². The van der Waals surface area contributed by atoms with E-state index in [1.807, 2.05) is 0 Å². The number of aromatic nitrogens is 2. The summed E-state index contributed by atoms with van der Waals surface area (Å²) in [6.45, 7) is 0. The lowest BCUT2D eigenvalue weighted by atomic mass is 10.1. The molecule has 90 valence electrons. The maximum Gasteiger partial charge on any atom is 0.232 e. The average Bonchev–Trinajstić information content (AvgIpc) is 2.42. The number of benzene rings is 1. The Balaban J connectivity index is 2.47. The molecule has 18 heavy (non-hydrogen) atoms. The molecule has 0 atom stereocenters. The molecule has 0 bridgehead atoms. The van der Waals surface area contributed by atoms with Crippen LogP contribution in [0.4, 0.5) is 0 Å². The van der Waals surface area contributed by atoms with Crippen molar-refractivity contribution in [3.05, 3.63) is 60.0 Å². The summed E-state index contributed by atoms with van der Waals surface area (Å²) in [5.74, 6) is -0.712. The standard InChI is InChI=1S/C12H10N4O2/c13-10-8-14-6-7-16(10)12(15-18)11(17)9-4-2-1-3-5-9/h1-8,13,18H/b13-10?,15-12-. The third kappa shape index (κ3) is 2.17. The molecule has 0 aliphatic rings. The molecular weight excluding hydrogens is 232 g/mol. The Bertz CT molecular complexity index is 646. The van der Waals surface area contributed by atoms with E-state index in [1.54, 1.807) is 30.3 Å². The van der Waals surface area contributed by atoms with Crippen LogP contribution in [0.2, 0.25) is 0 Å². The molecule has 1 heterocycles. The first kappa shape index (κ1) is 11.7. The fourth-order valence-corrected chi connectivity index (χ4v) is 1.47. The molecule has 6 nitrogen and oxygen atoms in total. The minimum absolute atomic E-state index is 0.0467. The zero-order valence-corrected chi connectivity index (χ0v) is 9.32. The second-order valence-corrected chi connectivity index (χ2v) is 3.45. The fourth-order valence-electron chi connectivity index (χ4n) is 1.47. The summed E-state index contributed by atoms with van der Waals surface area (Å²) < 4.78 is 1.16. The van der Waals surface area contributed by atoms with Crippen LogP contribution in [0.1, 0.15) is 10.4 Å². The van der Waals surface area contributed by atoms with Gasteiger partial charge in [-0.1, -0.05) is 35.5 Å². The summed E-state index contributed by atoms with van der Waals surface area (Å²) in [5, 5.41) is 19.6. The number of nitrogens with one attached hydrogen (secondary N) is 1. The maximum atomic E-state index is 12.1. The molecule has 0 aliphatic carbocycles. The van der Waals surface area contributed by atoms with Gasteiger partial charge in [0.15, 0.2) is 0 Å². The molecule has 2 rings (SSSR count). The molecule has 0 unspecified atom stereocenters. The highest BCUT2D eigenvalue weighted by atomic mass is 16.4. The normalized spacial score (nSPS) is 11.2. The van der Waals surface area contributed by atoms with Gasteiger partial charge in [0.2, 0.25) is 11.6 Å². The molecule has 2 aromatic rings. The molecule has 0 saturated carbocycles. The maximum absolute atomic E-state index is 12.1. The Morgan fingerprint density at radius 3 is 2.67 bits per heavy atom. The van der Waals surface area contributed by atoms with E-state index in [4.69, 9.17) is 10.6 Å². The topological polar surface area (TPSA) is 91.3 Å². The van der Waals surface area contributed by atoms with Gasteiger partial charge in [0.05, 0.1) is 6.20 Å². The lowest BCUT2D eigenvalue weighted by Gasteiger charge is -2.06. The van der Waals surface area contributed by atoms with Crippen molar-refractivity contribution >= 4 is 11.6 Å². The Morgan fingerprint density at radius 1 is 1.33 bits per heavy atom. The van der Waals surface area contributed by atoms with Crippen molar-refractivity contribution in [2.24, 2.45) is 5.16 Å². The van der Waals surface area contributed by atoms with Crippen LogP contribution in [0, 0.1) is 5.41 Å². The van der Waals surface area contributed by atoms with E-state index < -0.39 is 5.78 Å². The van der Waals surface area contributed by atoms with E-state index in [9.17, 15) is 4.79 Å². The van der Waals surface area contributed by atoms with Crippen LogP contribution in [-0.2, 0) is 0 Å². The molecule has 6 heteroatoms. The van der Waals surface area contributed by atoms with Gasteiger partial charge in [-0.15, -0.1) is 0 Å². The number of oxime groups is 1. The fraction of sp³-hybridized carbons (Fsp3) is 0. The van der Waals surface area contributed by atoms with Gasteiger partial charge >= 0.3 is 0 Å². The van der Waals surface area contributed by atoms with Gasteiger partial charge in [-0.25, -0.2) is 0 Å². The SMILES string of the molecule is N=c1cnccn1/C(=N\O)C(=O)c1ccccc1. The van der Waals surface area contributed by atoms with Crippen molar-refractivity contribution in [2.45, 2.75) is 0 Å². The smallest absolute Gasteiger partial charge is 0.232 e. The quantitative estimate of drug-likeness (QED) is 0.269. The third-order valence-corrected chi connectivity index (χ3v) is 2.32. The summed E-state index contributed by atoms with van der Waals surface area (Å²) in [6.07, 6.45) is 4.04. The second-order valence-electron chi connectivity index (χ2n) is 3.45. The molecule has 1 aromatic heterocycles. The summed E-state index contributed by atoms with van der Waals surface area (Å²) in [7, 11) is 0. The van der Waals surface area contributed by atoms with Crippen LogP contribution in [0.15, 0.2) is 54.1 Å². The Kier molecular flexibility index (Phi) is 3.29. The van der Waals surface area contributed by atoms with Gasteiger partial charge in [-0.05, 0) is 0 Å². The van der Waals surface area contributed by atoms with E-state index in [0.717, 1.165) is 4.57 Å². The molecule has 2 N–H and O–H groups in total. The zero-order chi connectivity index (χ0) is 13.0. The summed E-state index contributed by atoms with van der Waals surface area (Å²) in [4.78, 5) is 15.9. The summed E-state index contributed by atoms with van der Waals surface area (Å²) in [5.41, 5.74) is 0.337. The molecule has 0 radical (unpaired) electrons. The van der Waals surface area contributed by atoms with Crippen LogP contribution in [0.25, 0.3) is 0 Å². The van der Waals surface area contributed by atoms with Crippen LogP contribution < -0.4 is 5.49 Å². The molecule has 0 aliphatic heterocycles. The number of hydrogen-bond donors (Lipinski definition) is 2. The first-order valence-corrected chi connectivity index (χ1v) is 5.13. The number of carbonyl (C=O) groups excluding carboxylic acids is 1. The second kappa shape index (κ2) is 5.05. The highest BCUT2D eigenvalue weighted by Crippen LogP contribution is 2.02. The Labute approximate surface area is 102 Å². The number of rotatable bonds is 2. The van der Waals surface area contributed by atoms with Gasteiger partial charge in [0, 0.05) is 18.0 Å². The van der Waals surface area contributed by atoms with Crippen LogP contribution in [0.3, 0.4) is 0 Å². The van der Waals surface area contributed by atoms with Crippen LogP contribution >= 0.6 is 0 Å². The van der Waals surface area contributed by atoms with Gasteiger partial charge in [-0.3, -0.25) is 19.8 Å². The van der Waals surface area contributed by atoms with Crippen molar-refractivity contribution in [1.29, 1.82) is 5.41 Å². The first-order valence-electron chi connectivity index (χ1n) is 5.13. The number of carbonyl (C=O) groups is 1. The molecule has 0 fully saturated rings. The molecule has 1 aromatic carbocycles. The van der Waals surface area contributed by atoms with Gasteiger partial charge < -0.3 is 5.21 Å². The summed E-state index contributed by atoms with van der Waals surface area (Å²) in [6, 6.07) is 8.42. The lowest BCUT2D eigenvalue weighted by molar-refractivity contribution is 0.105. The van der Waals surface area contributed by atoms with Gasteiger partial charge in [0.1, 0.15) is 5.49 Å². The van der Waals surface area contributed by atoms with E-state index >= 15 is 0 Å². The zero-order valence-electron chi connectivity index (χ0n) is 9.32. The summed E-state index contributed by atoms with van der Waals surface area (Å²) >= 11 is 0. The van der Waals surface area contributed by atoms with Crippen LogP contribution in [0.5, 0.6) is 0 Å². The van der Waals surface area contributed by atoms with Crippen LogP contribution in [-0.4, -0.2) is 26.4 Å². The molecule has 0 saturated heterocycles. The van der Waals surface area contributed by atoms with E-state index in [2.05, 4.69) is 10.1 Å². The van der Waals surface area contributed by atoms with Gasteiger partial charge in [0.25, 0.3) is 0 Å². The molecular formula is C12H10N4O2. The number of Topliss-reactive ketones (excluding diaryl/α,β-unsaturated/α-hetero) is 1. The lowest BCUT2D eigenvalue weighted by Crippen LogP contribution is -2.32. The third-order valence-electron chi connectivity index (χ3n) is 2.32. The van der Waals surface area contributed by atoms with Gasteiger partial charge in [-0.2, -0.15) is 0 Å². The monoisotopic (exact) mass is 242 g/mol. The van der Waals surface area contributed by atoms with Crippen molar-refractivity contribution in [3.63, 3.8) is 0 Å². The van der Waals surface area contributed by atoms with Crippen molar-refractivity contribution in [1.82, 2.24) is 9.55 Å². The minimum Gasteiger partial charge on any atom is -0.409 e. The largest absolute Gasteiger partial charge is 0.409 e.